The molecule has 0 aromatic heterocycles. The first-order valence-electron chi connectivity index (χ1n) is 9.82. The number of hydrogen-bond acceptors (Lipinski definition) is 5. The number of likely N-dealkylation sites (tertiary alicyclic amines) is 1. The maximum absolute atomic E-state index is 12.7. The summed E-state index contributed by atoms with van der Waals surface area (Å²) in [4.78, 5) is 27.6. The maximum Gasteiger partial charge on any atom is 0.238 e. The van der Waals surface area contributed by atoms with E-state index in [9.17, 15) is 9.59 Å². The van der Waals surface area contributed by atoms with Crippen LogP contribution in [-0.4, -0.2) is 55.1 Å². The van der Waals surface area contributed by atoms with Crippen LogP contribution in [0.15, 0.2) is 29.4 Å². The Kier molecular flexibility index (Phi) is 6.91. The molecule has 1 heterocycles. The molecule has 0 radical (unpaired) electrons. The highest BCUT2D eigenvalue weighted by molar-refractivity contribution is 6.30. The van der Waals surface area contributed by atoms with Gasteiger partial charge >= 0.3 is 0 Å². The van der Waals surface area contributed by atoms with E-state index >= 15 is 0 Å². The first-order chi connectivity index (χ1) is 13.5. The van der Waals surface area contributed by atoms with Gasteiger partial charge in [-0.2, -0.15) is 5.10 Å². The second kappa shape index (κ2) is 9.39. The molecule has 1 saturated heterocycles. The number of hydrazone groups is 1. The summed E-state index contributed by atoms with van der Waals surface area (Å²) >= 11 is 5.93. The highest BCUT2D eigenvalue weighted by atomic mass is 35.5. The molecule has 0 spiro atoms. The minimum absolute atomic E-state index is 0.143. The van der Waals surface area contributed by atoms with Crippen molar-refractivity contribution in [1.82, 2.24) is 15.5 Å². The number of likely N-dealkylation sites (N-methyl/N-ethyl adjacent to an activating group) is 1. The quantitative estimate of drug-likeness (QED) is 0.656. The molecule has 2 aliphatic rings. The lowest BCUT2D eigenvalue weighted by Crippen LogP contribution is -2.52. The molecule has 8 heteroatoms. The number of rotatable bonds is 5. The SMILES string of the molecule is CNC(=O)[C@@H]1/C(=N\Nc2ccc(Cl)cc2)CN(C2CCCCC2)[C@H]1C(=O)NC. The lowest BCUT2D eigenvalue weighted by Gasteiger charge is -2.35. The van der Waals surface area contributed by atoms with Gasteiger partial charge in [0.25, 0.3) is 0 Å². The summed E-state index contributed by atoms with van der Waals surface area (Å²) in [5.41, 5.74) is 4.47. The van der Waals surface area contributed by atoms with Gasteiger partial charge in [-0.1, -0.05) is 30.9 Å². The Balaban J connectivity index is 1.90. The number of anilines is 1. The number of halogens is 1. The number of benzene rings is 1. The standard InChI is InChI=1S/C20H28ClN5O2/c1-22-19(27)17-16(25-24-14-10-8-13(21)9-11-14)12-26(18(17)20(28)23-2)15-6-4-3-5-7-15/h8-11,15,17-18,24H,3-7,12H2,1-2H3,(H,22,27)(H,23,28)/b25-16-/t17-,18-/m1/s1. The van der Waals surface area contributed by atoms with E-state index in [4.69, 9.17) is 11.6 Å². The molecule has 152 valence electrons. The molecule has 1 aliphatic heterocycles. The summed E-state index contributed by atoms with van der Waals surface area (Å²) in [6.07, 6.45) is 5.63. The van der Waals surface area contributed by atoms with E-state index in [1.807, 2.05) is 12.1 Å². The van der Waals surface area contributed by atoms with Crippen LogP contribution in [0.2, 0.25) is 5.02 Å². The highest BCUT2D eigenvalue weighted by Gasteiger charge is 2.49. The Morgan fingerprint density at radius 2 is 1.68 bits per heavy atom. The maximum atomic E-state index is 12.7. The number of carbonyl (C=O) groups excluding carboxylic acids is 2. The second-order valence-electron chi connectivity index (χ2n) is 7.34. The van der Waals surface area contributed by atoms with E-state index in [1.54, 1.807) is 26.2 Å². The first kappa shape index (κ1) is 20.6. The minimum Gasteiger partial charge on any atom is -0.359 e. The molecular weight excluding hydrogens is 378 g/mol. The van der Waals surface area contributed by atoms with Crippen molar-refractivity contribution in [1.29, 1.82) is 0 Å². The van der Waals surface area contributed by atoms with E-state index in [-0.39, 0.29) is 11.8 Å². The summed E-state index contributed by atoms with van der Waals surface area (Å²) in [5.74, 6) is -0.953. The van der Waals surface area contributed by atoms with Crippen molar-refractivity contribution < 1.29 is 9.59 Å². The Labute approximate surface area is 170 Å². The highest BCUT2D eigenvalue weighted by Crippen LogP contribution is 2.32. The van der Waals surface area contributed by atoms with Crippen LogP contribution in [0, 0.1) is 5.92 Å². The monoisotopic (exact) mass is 405 g/mol. The predicted molar refractivity (Wildman–Crippen MR) is 112 cm³/mol. The molecule has 2 fully saturated rings. The molecule has 3 rings (SSSR count). The zero-order valence-electron chi connectivity index (χ0n) is 16.4. The lowest BCUT2D eigenvalue weighted by molar-refractivity contribution is -0.133. The van der Waals surface area contributed by atoms with Crippen molar-refractivity contribution in [3.63, 3.8) is 0 Å². The fraction of sp³-hybridized carbons (Fsp3) is 0.550. The Hall–Kier alpha value is -2.12. The van der Waals surface area contributed by atoms with Crippen LogP contribution in [0.4, 0.5) is 5.69 Å². The van der Waals surface area contributed by atoms with Crippen molar-refractivity contribution in [3.05, 3.63) is 29.3 Å². The molecule has 7 nitrogen and oxygen atoms in total. The van der Waals surface area contributed by atoms with Crippen LogP contribution in [0.3, 0.4) is 0 Å². The molecule has 0 bridgehead atoms. The van der Waals surface area contributed by atoms with Gasteiger partial charge in [0.1, 0.15) is 12.0 Å². The van der Waals surface area contributed by atoms with Crippen molar-refractivity contribution in [2.45, 2.75) is 44.2 Å². The van der Waals surface area contributed by atoms with Crippen molar-refractivity contribution in [2.75, 3.05) is 26.1 Å². The molecule has 1 aliphatic carbocycles. The van der Waals surface area contributed by atoms with Crippen molar-refractivity contribution in [3.8, 4) is 0 Å². The van der Waals surface area contributed by atoms with Crippen LogP contribution in [0.1, 0.15) is 32.1 Å². The van der Waals surface area contributed by atoms with Crippen LogP contribution in [0.5, 0.6) is 0 Å². The largest absolute Gasteiger partial charge is 0.359 e. The number of nitrogens with zero attached hydrogens (tertiary/aromatic N) is 2. The fourth-order valence-electron chi connectivity index (χ4n) is 4.19. The molecule has 28 heavy (non-hydrogen) atoms. The fourth-order valence-corrected chi connectivity index (χ4v) is 4.32. The minimum atomic E-state index is -0.619. The van der Waals surface area contributed by atoms with Gasteiger partial charge in [0, 0.05) is 31.7 Å². The van der Waals surface area contributed by atoms with Gasteiger partial charge in [-0.3, -0.25) is 19.9 Å². The number of amides is 2. The summed E-state index contributed by atoms with van der Waals surface area (Å²) in [5, 5.41) is 10.6. The Bertz CT molecular complexity index is 731. The van der Waals surface area contributed by atoms with Crippen LogP contribution < -0.4 is 16.1 Å². The van der Waals surface area contributed by atoms with E-state index < -0.39 is 12.0 Å². The van der Waals surface area contributed by atoms with Crippen LogP contribution >= 0.6 is 11.6 Å². The van der Waals surface area contributed by atoms with Crippen molar-refractivity contribution in [2.24, 2.45) is 11.0 Å². The first-order valence-corrected chi connectivity index (χ1v) is 10.2. The molecule has 0 unspecified atom stereocenters. The summed E-state index contributed by atoms with van der Waals surface area (Å²) in [6, 6.07) is 6.95. The Morgan fingerprint density at radius 1 is 1.04 bits per heavy atom. The third-order valence-corrected chi connectivity index (χ3v) is 5.89. The van der Waals surface area contributed by atoms with Gasteiger partial charge in [-0.15, -0.1) is 0 Å². The summed E-state index contributed by atoms with van der Waals surface area (Å²) in [6.45, 7) is 0.501. The second-order valence-corrected chi connectivity index (χ2v) is 7.77. The van der Waals surface area contributed by atoms with Gasteiger partial charge in [0.15, 0.2) is 0 Å². The smallest absolute Gasteiger partial charge is 0.238 e. The Morgan fingerprint density at radius 3 is 2.29 bits per heavy atom. The topological polar surface area (TPSA) is 85.8 Å². The number of nitrogens with one attached hydrogen (secondary N) is 3. The zero-order valence-corrected chi connectivity index (χ0v) is 17.1. The van der Waals surface area contributed by atoms with Crippen LogP contribution in [0.25, 0.3) is 0 Å². The number of hydrogen-bond donors (Lipinski definition) is 3. The molecule has 1 saturated carbocycles. The van der Waals surface area contributed by atoms with Crippen LogP contribution in [-0.2, 0) is 9.59 Å². The predicted octanol–water partition coefficient (Wildman–Crippen LogP) is 2.23. The van der Waals surface area contributed by atoms with Gasteiger partial charge in [0.05, 0.1) is 11.4 Å². The van der Waals surface area contributed by atoms with Gasteiger partial charge in [-0.25, -0.2) is 0 Å². The average molecular weight is 406 g/mol. The third-order valence-electron chi connectivity index (χ3n) is 5.64. The van der Waals surface area contributed by atoms with Crippen molar-refractivity contribution >= 4 is 34.8 Å². The zero-order chi connectivity index (χ0) is 20.1. The van der Waals surface area contributed by atoms with E-state index in [2.05, 4.69) is 26.1 Å². The normalized spacial score (nSPS) is 24.9. The summed E-state index contributed by atoms with van der Waals surface area (Å²) < 4.78 is 0. The van der Waals surface area contributed by atoms with E-state index in [0.717, 1.165) is 31.4 Å². The molecule has 3 N–H and O–H groups in total. The van der Waals surface area contributed by atoms with E-state index in [1.165, 1.54) is 6.42 Å². The van der Waals surface area contributed by atoms with Gasteiger partial charge < -0.3 is 10.6 Å². The molecule has 2 amide bonds. The molecule has 1 aromatic rings. The van der Waals surface area contributed by atoms with Gasteiger partial charge in [0.2, 0.25) is 11.8 Å². The molecule has 1 aromatic carbocycles. The van der Waals surface area contributed by atoms with Gasteiger partial charge in [-0.05, 0) is 37.1 Å². The third kappa shape index (κ3) is 4.47. The average Bonchev–Trinajstić information content (AvgIpc) is 3.12. The molecular formula is C20H28ClN5O2. The summed E-state index contributed by atoms with van der Waals surface area (Å²) in [7, 11) is 3.21. The van der Waals surface area contributed by atoms with E-state index in [0.29, 0.717) is 23.3 Å². The lowest BCUT2D eigenvalue weighted by atomic mass is 9.92. The number of carbonyl (C=O) groups is 2. The molecule has 2 atom stereocenters.